The van der Waals surface area contributed by atoms with Gasteiger partial charge in [-0.3, -0.25) is 9.59 Å². The third kappa shape index (κ3) is 2.35. The number of esters is 2. The van der Waals surface area contributed by atoms with Crippen molar-refractivity contribution < 1.29 is 28.3 Å². The van der Waals surface area contributed by atoms with Gasteiger partial charge in [-0.05, 0) is 5.56 Å². The minimum Gasteiger partial charge on any atom is -0.469 e. The van der Waals surface area contributed by atoms with Gasteiger partial charge in [-0.2, -0.15) is 4.98 Å². The average molecular weight is 409 g/mol. The van der Waals surface area contributed by atoms with Crippen LogP contribution in [-0.2, 0) is 29.3 Å². The number of fused-ring (bicyclic) bond motifs is 5. The number of ether oxygens (including phenoxy) is 2. The Kier molecular flexibility index (Phi) is 4.45. The second-order valence-corrected chi connectivity index (χ2v) is 6.80. The van der Waals surface area contributed by atoms with Gasteiger partial charge in [0.2, 0.25) is 5.91 Å². The molecule has 0 fully saturated rings. The number of nitrogens with zero attached hydrogens (tertiary/aromatic N) is 2. The summed E-state index contributed by atoms with van der Waals surface area (Å²) < 4.78 is 15.4. The summed E-state index contributed by atoms with van der Waals surface area (Å²) >= 11 is 0. The van der Waals surface area contributed by atoms with Crippen molar-refractivity contribution in [1.29, 1.82) is 0 Å². The predicted octanol–water partition coefficient (Wildman–Crippen LogP) is 1.54. The Balaban J connectivity index is 2.11. The van der Waals surface area contributed by atoms with Gasteiger partial charge in [0.1, 0.15) is 5.69 Å². The van der Waals surface area contributed by atoms with Gasteiger partial charge >= 0.3 is 11.9 Å². The maximum atomic E-state index is 13.9. The molecule has 0 unspecified atom stereocenters. The summed E-state index contributed by atoms with van der Waals surface area (Å²) in [6.07, 6.45) is 1.19. The monoisotopic (exact) mass is 409 g/mol. The molecule has 0 saturated carbocycles. The molecule has 0 bridgehead atoms. The SMILES string of the molecule is C=CCN1C(=O)[C@@]2(C(C(=O)OC)=C1CC(=O)OC)c1ccccc1-c1oc(N)nc12. The van der Waals surface area contributed by atoms with Crippen LogP contribution in [0.1, 0.15) is 17.7 Å². The summed E-state index contributed by atoms with van der Waals surface area (Å²) in [5.74, 6) is -1.55. The normalized spacial score (nSPS) is 19.1. The van der Waals surface area contributed by atoms with E-state index in [1.807, 2.05) is 0 Å². The molecule has 1 aromatic heterocycles. The van der Waals surface area contributed by atoms with Crippen molar-refractivity contribution in [3.8, 4) is 11.3 Å². The topological polar surface area (TPSA) is 125 Å². The fraction of sp³-hybridized carbons (Fsp3) is 0.238. The predicted molar refractivity (Wildman–Crippen MR) is 105 cm³/mol. The van der Waals surface area contributed by atoms with Crippen LogP contribution in [0.2, 0.25) is 0 Å². The van der Waals surface area contributed by atoms with Gasteiger partial charge in [0.25, 0.3) is 6.01 Å². The highest BCUT2D eigenvalue weighted by atomic mass is 16.5. The van der Waals surface area contributed by atoms with Crippen molar-refractivity contribution >= 4 is 23.9 Å². The molecule has 2 aromatic rings. The highest BCUT2D eigenvalue weighted by molar-refractivity contribution is 6.14. The van der Waals surface area contributed by atoms with Crippen molar-refractivity contribution in [2.45, 2.75) is 11.8 Å². The Bertz CT molecular complexity index is 1130. The molecule has 2 N–H and O–H groups in total. The van der Waals surface area contributed by atoms with Crippen LogP contribution in [0.25, 0.3) is 11.3 Å². The molecule has 0 radical (unpaired) electrons. The summed E-state index contributed by atoms with van der Waals surface area (Å²) in [4.78, 5) is 44.7. The molecule has 0 saturated heterocycles. The van der Waals surface area contributed by atoms with E-state index in [-0.39, 0.29) is 35.9 Å². The van der Waals surface area contributed by atoms with E-state index in [9.17, 15) is 14.4 Å². The smallest absolute Gasteiger partial charge is 0.337 e. The van der Waals surface area contributed by atoms with Crippen LogP contribution in [0, 0.1) is 0 Å². The number of methoxy groups -OCH3 is 2. The lowest BCUT2D eigenvalue weighted by Crippen LogP contribution is -2.42. The number of amides is 1. The van der Waals surface area contributed by atoms with Gasteiger partial charge in [-0.25, -0.2) is 4.79 Å². The number of carbonyl (C=O) groups excluding carboxylic acids is 3. The minimum atomic E-state index is -1.65. The molecule has 2 aliphatic rings. The van der Waals surface area contributed by atoms with E-state index in [0.29, 0.717) is 16.9 Å². The van der Waals surface area contributed by atoms with E-state index >= 15 is 0 Å². The number of hydrogen-bond acceptors (Lipinski definition) is 8. The zero-order valence-electron chi connectivity index (χ0n) is 16.4. The molecule has 1 aliphatic carbocycles. The number of oxazole rings is 1. The largest absolute Gasteiger partial charge is 0.469 e. The van der Waals surface area contributed by atoms with Crippen molar-refractivity contribution in [2.75, 3.05) is 26.5 Å². The molecule has 1 aliphatic heterocycles. The van der Waals surface area contributed by atoms with Crippen LogP contribution >= 0.6 is 0 Å². The molecule has 9 nitrogen and oxygen atoms in total. The summed E-state index contributed by atoms with van der Waals surface area (Å²) in [6, 6.07) is 6.86. The standard InChI is InChI=1S/C21H19N3O6/c1-4-9-24-13(10-14(25)28-2)15(18(26)29-3)21(19(24)27)12-8-6-5-7-11(12)16-17(21)23-20(22)30-16/h4-8H,1,9-10H2,2-3H3,(H2,22,23)/t21-/m1/s1. The van der Waals surface area contributed by atoms with Crippen molar-refractivity contribution in [3.05, 3.63) is 59.4 Å². The zero-order chi connectivity index (χ0) is 21.6. The number of nitrogens with two attached hydrogens (primary N) is 1. The molecule has 30 heavy (non-hydrogen) atoms. The highest BCUT2D eigenvalue weighted by Gasteiger charge is 2.64. The first kappa shape index (κ1) is 19.4. The highest BCUT2D eigenvalue weighted by Crippen LogP contribution is 2.58. The Morgan fingerprint density at radius 1 is 1.30 bits per heavy atom. The summed E-state index contributed by atoms with van der Waals surface area (Å²) in [5.41, 5.74) is 5.60. The number of anilines is 1. The lowest BCUT2D eigenvalue weighted by atomic mass is 9.74. The quantitative estimate of drug-likeness (QED) is 0.582. The molecule has 1 spiro atoms. The maximum Gasteiger partial charge on any atom is 0.337 e. The van der Waals surface area contributed by atoms with E-state index in [1.54, 1.807) is 24.3 Å². The number of nitrogen functional groups attached to an aromatic ring is 1. The molecule has 1 atom stereocenters. The number of aromatic nitrogens is 1. The van der Waals surface area contributed by atoms with Gasteiger partial charge in [-0.1, -0.05) is 30.3 Å². The van der Waals surface area contributed by atoms with E-state index in [2.05, 4.69) is 11.6 Å². The number of benzene rings is 1. The lowest BCUT2D eigenvalue weighted by Gasteiger charge is -2.26. The third-order valence-corrected chi connectivity index (χ3v) is 5.37. The molecule has 1 aromatic carbocycles. The summed E-state index contributed by atoms with van der Waals surface area (Å²) in [6.45, 7) is 3.75. The summed E-state index contributed by atoms with van der Waals surface area (Å²) in [7, 11) is 2.44. The zero-order valence-corrected chi connectivity index (χ0v) is 16.4. The molecule has 2 heterocycles. The molecule has 154 valence electrons. The number of hydrogen-bond donors (Lipinski definition) is 1. The van der Waals surface area contributed by atoms with Crippen LogP contribution in [0.5, 0.6) is 0 Å². The van der Waals surface area contributed by atoms with Gasteiger partial charge in [-0.15, -0.1) is 6.58 Å². The van der Waals surface area contributed by atoms with Gasteiger partial charge < -0.3 is 24.5 Å². The van der Waals surface area contributed by atoms with Crippen LogP contribution < -0.4 is 5.73 Å². The van der Waals surface area contributed by atoms with Gasteiger partial charge in [0, 0.05) is 17.8 Å². The Morgan fingerprint density at radius 2 is 2.03 bits per heavy atom. The first-order valence-corrected chi connectivity index (χ1v) is 9.10. The van der Waals surface area contributed by atoms with E-state index in [4.69, 9.17) is 19.6 Å². The first-order chi connectivity index (χ1) is 14.4. The van der Waals surface area contributed by atoms with Crippen LogP contribution in [-0.4, -0.2) is 48.5 Å². The van der Waals surface area contributed by atoms with Gasteiger partial charge in [0.15, 0.2) is 11.2 Å². The fourth-order valence-corrected chi connectivity index (χ4v) is 4.25. The average Bonchev–Trinajstić information content (AvgIpc) is 3.33. The number of rotatable bonds is 5. The molecule has 1 amide bonds. The van der Waals surface area contributed by atoms with E-state index in [1.165, 1.54) is 25.2 Å². The van der Waals surface area contributed by atoms with E-state index in [0.717, 1.165) is 0 Å². The minimum absolute atomic E-state index is 0.0123. The van der Waals surface area contributed by atoms with Gasteiger partial charge in [0.05, 0.1) is 26.2 Å². The lowest BCUT2D eigenvalue weighted by molar-refractivity contribution is -0.140. The maximum absolute atomic E-state index is 13.9. The van der Waals surface area contributed by atoms with Crippen molar-refractivity contribution in [1.82, 2.24) is 9.88 Å². The second-order valence-electron chi connectivity index (χ2n) is 6.80. The Hall–Kier alpha value is -3.88. The second kappa shape index (κ2) is 6.87. The molecule has 4 rings (SSSR count). The summed E-state index contributed by atoms with van der Waals surface area (Å²) in [5, 5.41) is 0. The third-order valence-electron chi connectivity index (χ3n) is 5.37. The first-order valence-electron chi connectivity index (χ1n) is 9.10. The van der Waals surface area contributed by atoms with Crippen LogP contribution in [0.15, 0.2) is 52.6 Å². The van der Waals surface area contributed by atoms with Crippen molar-refractivity contribution in [2.24, 2.45) is 0 Å². The molecule has 9 heteroatoms. The Morgan fingerprint density at radius 3 is 2.70 bits per heavy atom. The van der Waals surface area contributed by atoms with E-state index < -0.39 is 23.3 Å². The van der Waals surface area contributed by atoms with Crippen LogP contribution in [0.4, 0.5) is 6.01 Å². The fourth-order valence-electron chi connectivity index (χ4n) is 4.25. The number of carbonyl (C=O) groups is 3. The van der Waals surface area contributed by atoms with Crippen molar-refractivity contribution in [3.63, 3.8) is 0 Å². The molecular formula is C21H19N3O6. The molecular weight excluding hydrogens is 390 g/mol. The van der Waals surface area contributed by atoms with Crippen LogP contribution in [0.3, 0.4) is 0 Å². The Labute approximate surface area is 171 Å².